The van der Waals surface area contributed by atoms with Crippen molar-refractivity contribution in [3.63, 3.8) is 0 Å². The summed E-state index contributed by atoms with van der Waals surface area (Å²) in [7, 11) is 0. The second kappa shape index (κ2) is 4.47. The van der Waals surface area contributed by atoms with Crippen LogP contribution in [0.15, 0.2) is 35.6 Å². The number of aliphatic hydroxyl groups is 1. The third-order valence-electron chi connectivity index (χ3n) is 1.98. The minimum atomic E-state index is -0.444. The maximum Gasteiger partial charge on any atom is 0.0998 e. The van der Waals surface area contributed by atoms with E-state index in [1.165, 1.54) is 0 Å². The van der Waals surface area contributed by atoms with Crippen LogP contribution in [0, 0.1) is 0 Å². The highest BCUT2D eigenvalue weighted by atomic mass is 16.5. The van der Waals surface area contributed by atoms with Crippen LogP contribution in [-0.4, -0.2) is 17.3 Å². The fraction of sp³-hybridized carbons (Fsp3) is 0.500. The Balaban J connectivity index is 2.78. The molecule has 1 aliphatic carbocycles. The van der Waals surface area contributed by atoms with Gasteiger partial charge in [-0.1, -0.05) is 12.2 Å². The Labute approximate surface area is 85.6 Å². The van der Waals surface area contributed by atoms with Crippen LogP contribution in [0.25, 0.3) is 0 Å². The van der Waals surface area contributed by atoms with Crippen molar-refractivity contribution in [2.75, 3.05) is 0 Å². The highest BCUT2D eigenvalue weighted by molar-refractivity contribution is 5.41. The average Bonchev–Trinajstić information content (AvgIpc) is 2.01. The van der Waals surface area contributed by atoms with E-state index in [2.05, 4.69) is 6.58 Å². The summed E-state index contributed by atoms with van der Waals surface area (Å²) in [4.78, 5) is 0. The zero-order valence-electron chi connectivity index (χ0n) is 9.08. The van der Waals surface area contributed by atoms with Crippen molar-refractivity contribution < 1.29 is 9.84 Å². The molecule has 0 radical (unpaired) electrons. The van der Waals surface area contributed by atoms with E-state index in [0.717, 1.165) is 16.9 Å². The topological polar surface area (TPSA) is 29.5 Å². The molecule has 0 saturated carbocycles. The summed E-state index contributed by atoms with van der Waals surface area (Å²) in [5.41, 5.74) is 1.92. The van der Waals surface area contributed by atoms with E-state index in [1.807, 2.05) is 32.9 Å². The highest BCUT2D eigenvalue weighted by Crippen LogP contribution is 2.23. The molecule has 0 bridgehead atoms. The lowest BCUT2D eigenvalue weighted by Crippen LogP contribution is -2.14. The molecule has 0 spiro atoms. The van der Waals surface area contributed by atoms with Crippen LogP contribution >= 0.6 is 0 Å². The number of rotatable bonds is 3. The Kier molecular flexibility index (Phi) is 3.53. The maximum atomic E-state index is 9.57. The molecule has 2 nitrogen and oxygen atoms in total. The molecule has 0 aliphatic heterocycles. The number of hydrogen-bond acceptors (Lipinski definition) is 2. The number of hydrogen-bond donors (Lipinski definition) is 1. The van der Waals surface area contributed by atoms with Gasteiger partial charge in [0.2, 0.25) is 0 Å². The second-order valence-corrected chi connectivity index (χ2v) is 3.95. The smallest absolute Gasteiger partial charge is 0.0998 e. The van der Waals surface area contributed by atoms with Gasteiger partial charge in [-0.2, -0.15) is 0 Å². The van der Waals surface area contributed by atoms with Gasteiger partial charge in [0.25, 0.3) is 0 Å². The molecule has 0 saturated heterocycles. The normalized spacial score (nSPS) is 21.6. The monoisotopic (exact) mass is 194 g/mol. The first-order valence-corrected chi connectivity index (χ1v) is 4.92. The predicted molar refractivity (Wildman–Crippen MR) is 57.8 cm³/mol. The van der Waals surface area contributed by atoms with Gasteiger partial charge in [-0.25, -0.2) is 0 Å². The number of aliphatic hydroxyl groups excluding tert-OH is 1. The van der Waals surface area contributed by atoms with Crippen LogP contribution in [0.2, 0.25) is 0 Å². The average molecular weight is 194 g/mol. The molecule has 14 heavy (non-hydrogen) atoms. The van der Waals surface area contributed by atoms with Crippen molar-refractivity contribution in [3.05, 3.63) is 35.6 Å². The van der Waals surface area contributed by atoms with Crippen molar-refractivity contribution in [1.82, 2.24) is 0 Å². The number of ether oxygens (including phenoxy) is 1. The molecule has 1 unspecified atom stereocenters. The van der Waals surface area contributed by atoms with Crippen LogP contribution in [0.5, 0.6) is 0 Å². The largest absolute Gasteiger partial charge is 0.495 e. The fourth-order valence-electron chi connectivity index (χ4n) is 1.40. The minimum Gasteiger partial charge on any atom is -0.495 e. The summed E-state index contributed by atoms with van der Waals surface area (Å²) in [6.45, 7) is 9.73. The van der Waals surface area contributed by atoms with E-state index in [9.17, 15) is 5.11 Å². The fourth-order valence-corrected chi connectivity index (χ4v) is 1.40. The quantitative estimate of drug-likeness (QED) is 0.748. The first-order valence-electron chi connectivity index (χ1n) is 4.92. The lowest BCUT2D eigenvalue weighted by molar-refractivity contribution is 0.113. The Morgan fingerprint density at radius 2 is 2.29 bits per heavy atom. The van der Waals surface area contributed by atoms with Gasteiger partial charge in [0.1, 0.15) is 0 Å². The summed E-state index contributed by atoms with van der Waals surface area (Å²) in [5.74, 6) is 0.841. The van der Waals surface area contributed by atoms with E-state index in [0.29, 0.717) is 6.42 Å². The maximum absolute atomic E-state index is 9.57. The van der Waals surface area contributed by atoms with Crippen LogP contribution in [0.3, 0.4) is 0 Å². The molecule has 78 valence electrons. The van der Waals surface area contributed by atoms with Gasteiger partial charge in [-0.3, -0.25) is 0 Å². The Morgan fingerprint density at radius 1 is 1.64 bits per heavy atom. The third-order valence-corrected chi connectivity index (χ3v) is 1.98. The van der Waals surface area contributed by atoms with Gasteiger partial charge in [0.15, 0.2) is 0 Å². The molecule has 0 fully saturated rings. The Morgan fingerprint density at radius 3 is 2.79 bits per heavy atom. The molecule has 2 heteroatoms. The van der Waals surface area contributed by atoms with Crippen LogP contribution in [0.1, 0.15) is 27.2 Å². The summed E-state index contributed by atoms with van der Waals surface area (Å²) in [5, 5.41) is 9.57. The summed E-state index contributed by atoms with van der Waals surface area (Å²) in [6.07, 6.45) is 4.04. The first kappa shape index (κ1) is 11.1. The Bertz CT molecular complexity index is 285. The van der Waals surface area contributed by atoms with Crippen LogP contribution < -0.4 is 0 Å². The first-order chi connectivity index (χ1) is 6.49. The molecule has 1 rings (SSSR count). The lowest BCUT2D eigenvalue weighted by Gasteiger charge is -2.20. The predicted octanol–water partition coefficient (Wildman–Crippen LogP) is 2.56. The molecular formula is C12H18O2. The van der Waals surface area contributed by atoms with Gasteiger partial charge in [0, 0.05) is 6.42 Å². The van der Waals surface area contributed by atoms with Crippen molar-refractivity contribution in [2.24, 2.45) is 0 Å². The van der Waals surface area contributed by atoms with E-state index >= 15 is 0 Å². The van der Waals surface area contributed by atoms with Gasteiger partial charge in [0.05, 0.1) is 18.0 Å². The van der Waals surface area contributed by atoms with Crippen molar-refractivity contribution in [1.29, 1.82) is 0 Å². The van der Waals surface area contributed by atoms with Crippen molar-refractivity contribution in [3.8, 4) is 0 Å². The van der Waals surface area contributed by atoms with Gasteiger partial charge >= 0.3 is 0 Å². The molecular weight excluding hydrogens is 176 g/mol. The van der Waals surface area contributed by atoms with Gasteiger partial charge in [-0.15, -0.1) is 0 Å². The second-order valence-electron chi connectivity index (χ2n) is 3.95. The summed E-state index contributed by atoms with van der Waals surface area (Å²) in [6, 6.07) is 0. The molecule has 0 aromatic rings. The molecule has 0 heterocycles. The van der Waals surface area contributed by atoms with E-state index in [1.54, 1.807) is 0 Å². The Hall–Kier alpha value is -1.02. The molecule has 0 amide bonds. The summed E-state index contributed by atoms with van der Waals surface area (Å²) >= 11 is 0. The van der Waals surface area contributed by atoms with Crippen LogP contribution in [0.4, 0.5) is 0 Å². The van der Waals surface area contributed by atoms with E-state index in [-0.39, 0.29) is 6.10 Å². The molecule has 1 atom stereocenters. The standard InChI is InChI=1S/C12H18O2/c1-8(2)10-5-11(13)7-12(6-10)14-9(3)4/h5-6,9,11,13H,1,7H2,2-4H3. The zero-order chi connectivity index (χ0) is 10.7. The van der Waals surface area contributed by atoms with E-state index in [4.69, 9.17) is 4.74 Å². The molecule has 1 N–H and O–H groups in total. The highest BCUT2D eigenvalue weighted by Gasteiger charge is 2.14. The van der Waals surface area contributed by atoms with Gasteiger partial charge < -0.3 is 9.84 Å². The summed E-state index contributed by atoms with van der Waals surface area (Å²) < 4.78 is 5.56. The molecule has 0 aromatic carbocycles. The SMILES string of the molecule is C=C(C)C1=CC(O)CC(OC(C)C)=C1. The van der Waals surface area contributed by atoms with Crippen molar-refractivity contribution in [2.45, 2.75) is 39.4 Å². The lowest BCUT2D eigenvalue weighted by atomic mass is 9.99. The van der Waals surface area contributed by atoms with E-state index < -0.39 is 6.10 Å². The third kappa shape index (κ3) is 3.04. The minimum absolute atomic E-state index is 0.151. The molecule has 0 aromatic heterocycles. The molecule has 1 aliphatic rings. The van der Waals surface area contributed by atoms with Gasteiger partial charge in [-0.05, 0) is 38.5 Å². The number of allylic oxidation sites excluding steroid dienone is 3. The van der Waals surface area contributed by atoms with Crippen molar-refractivity contribution >= 4 is 0 Å². The zero-order valence-corrected chi connectivity index (χ0v) is 9.08. The van der Waals surface area contributed by atoms with Crippen LogP contribution in [-0.2, 0) is 4.74 Å².